The molecule has 0 aromatic rings. The Morgan fingerprint density at radius 1 is 1.50 bits per heavy atom. The van der Waals surface area contributed by atoms with Gasteiger partial charge in [-0.05, 0) is 0 Å². The summed E-state index contributed by atoms with van der Waals surface area (Å²) in [7, 11) is 0. The normalized spacial score (nSPS) is 24.5. The lowest BCUT2D eigenvalue weighted by molar-refractivity contribution is -0.0855. The van der Waals surface area contributed by atoms with Crippen LogP contribution in [0.1, 0.15) is 6.42 Å². The summed E-state index contributed by atoms with van der Waals surface area (Å²) < 4.78 is 10.2. The second kappa shape index (κ2) is 5.18. The van der Waals surface area contributed by atoms with Gasteiger partial charge in [-0.3, -0.25) is 0 Å². The zero-order valence-corrected chi connectivity index (χ0v) is 5.67. The first kappa shape index (κ1) is 9.37. The second-order valence-corrected chi connectivity index (χ2v) is 1.93. The van der Waals surface area contributed by atoms with E-state index in [1.54, 1.807) is 0 Å². The summed E-state index contributed by atoms with van der Waals surface area (Å²) in [5.41, 5.74) is 0. The van der Waals surface area contributed by atoms with Crippen LogP contribution in [0.2, 0.25) is 0 Å². The van der Waals surface area contributed by atoms with Gasteiger partial charge in [0.1, 0.15) is 0 Å². The molecule has 0 bridgehead atoms. The van der Waals surface area contributed by atoms with Crippen molar-refractivity contribution in [3.8, 4) is 6.07 Å². The molecule has 1 saturated heterocycles. The van der Waals surface area contributed by atoms with E-state index < -0.39 is 0 Å². The molecule has 0 aliphatic carbocycles. The highest BCUT2D eigenvalue weighted by Gasteiger charge is 2.12. The summed E-state index contributed by atoms with van der Waals surface area (Å²) in [6.45, 7) is 1.88. The average Bonchev–Trinajstić information content (AvgIpc) is 1.91. The molecule has 1 fully saturated rings. The van der Waals surface area contributed by atoms with Crippen LogP contribution in [0.5, 0.6) is 0 Å². The number of hydrogen-bond acceptors (Lipinski definition) is 3. The Morgan fingerprint density at radius 3 is 2.80 bits per heavy atom. The fraction of sp³-hybridized carbons (Fsp3) is 0.833. The molecule has 1 unspecified atom stereocenters. The van der Waals surface area contributed by atoms with Crippen LogP contribution in [0.25, 0.3) is 0 Å². The fourth-order valence-corrected chi connectivity index (χ4v) is 0.756. The van der Waals surface area contributed by atoms with Gasteiger partial charge in [-0.2, -0.15) is 5.26 Å². The highest BCUT2D eigenvalue weighted by molar-refractivity contribution is 4.77. The Balaban J connectivity index is 0.000000810. The Hall–Kier alpha value is -0.630. The smallest absolute Gasteiger partial charge is 0.0939 e. The topological polar surface area (TPSA) is 73.8 Å². The van der Waals surface area contributed by atoms with Gasteiger partial charge in [0.2, 0.25) is 0 Å². The van der Waals surface area contributed by atoms with E-state index in [2.05, 4.69) is 0 Å². The molecule has 0 aromatic carbocycles. The highest BCUT2D eigenvalue weighted by atomic mass is 16.6. The van der Waals surface area contributed by atoms with Crippen LogP contribution in [-0.2, 0) is 9.47 Å². The van der Waals surface area contributed by atoms with E-state index in [-0.39, 0.29) is 11.6 Å². The molecule has 1 aliphatic rings. The van der Waals surface area contributed by atoms with E-state index in [1.165, 1.54) is 0 Å². The Kier molecular flexibility index (Phi) is 4.85. The molecular weight excluding hydrogens is 134 g/mol. The predicted molar refractivity (Wildman–Crippen MR) is 34.4 cm³/mol. The SMILES string of the molecule is N#CCC1COCCO1.O. The highest BCUT2D eigenvalue weighted by Crippen LogP contribution is 2.02. The first-order valence-corrected chi connectivity index (χ1v) is 3.00. The van der Waals surface area contributed by atoms with Crippen LogP contribution >= 0.6 is 0 Å². The van der Waals surface area contributed by atoms with Gasteiger partial charge in [-0.1, -0.05) is 0 Å². The van der Waals surface area contributed by atoms with Gasteiger partial charge < -0.3 is 14.9 Å². The summed E-state index contributed by atoms with van der Waals surface area (Å²) in [5, 5.41) is 8.23. The van der Waals surface area contributed by atoms with Crippen LogP contribution in [0.4, 0.5) is 0 Å². The lowest BCUT2D eigenvalue weighted by Crippen LogP contribution is -2.27. The van der Waals surface area contributed by atoms with Gasteiger partial charge in [-0.25, -0.2) is 0 Å². The fourth-order valence-electron chi connectivity index (χ4n) is 0.756. The molecule has 4 heteroatoms. The van der Waals surface area contributed by atoms with E-state index in [0.29, 0.717) is 26.2 Å². The van der Waals surface area contributed by atoms with Crippen molar-refractivity contribution in [3.63, 3.8) is 0 Å². The van der Waals surface area contributed by atoms with Crippen molar-refractivity contribution < 1.29 is 14.9 Å². The van der Waals surface area contributed by atoms with Gasteiger partial charge in [-0.15, -0.1) is 0 Å². The molecule has 2 N–H and O–H groups in total. The summed E-state index contributed by atoms with van der Waals surface area (Å²) in [6.07, 6.45) is 0.462. The van der Waals surface area contributed by atoms with E-state index in [0.717, 1.165) is 0 Å². The lowest BCUT2D eigenvalue weighted by Gasteiger charge is -2.20. The minimum atomic E-state index is 0. The number of nitriles is 1. The summed E-state index contributed by atoms with van der Waals surface area (Å²) in [5.74, 6) is 0. The molecule has 1 heterocycles. The summed E-state index contributed by atoms with van der Waals surface area (Å²) >= 11 is 0. The Bertz CT molecular complexity index is 115. The van der Waals surface area contributed by atoms with E-state index in [9.17, 15) is 0 Å². The third-order valence-corrected chi connectivity index (χ3v) is 1.20. The van der Waals surface area contributed by atoms with Gasteiger partial charge in [0, 0.05) is 0 Å². The number of nitrogens with zero attached hydrogens (tertiary/aromatic N) is 1. The molecule has 10 heavy (non-hydrogen) atoms. The van der Waals surface area contributed by atoms with Crippen LogP contribution in [0.3, 0.4) is 0 Å². The van der Waals surface area contributed by atoms with Crippen molar-refractivity contribution in [2.24, 2.45) is 0 Å². The monoisotopic (exact) mass is 145 g/mol. The van der Waals surface area contributed by atoms with Crippen LogP contribution in [0, 0.1) is 11.3 Å². The second-order valence-electron chi connectivity index (χ2n) is 1.93. The first-order valence-electron chi connectivity index (χ1n) is 3.00. The van der Waals surface area contributed by atoms with Crippen molar-refractivity contribution in [2.45, 2.75) is 12.5 Å². The quantitative estimate of drug-likeness (QED) is 0.498. The molecule has 0 amide bonds. The molecule has 58 valence electrons. The minimum absolute atomic E-state index is 0. The molecule has 4 nitrogen and oxygen atoms in total. The van der Waals surface area contributed by atoms with Crippen molar-refractivity contribution in [1.29, 1.82) is 5.26 Å². The maximum atomic E-state index is 8.23. The molecule has 1 atom stereocenters. The van der Waals surface area contributed by atoms with E-state index in [1.807, 2.05) is 6.07 Å². The first-order chi connectivity index (χ1) is 4.43. The van der Waals surface area contributed by atoms with Crippen molar-refractivity contribution in [2.75, 3.05) is 19.8 Å². The maximum absolute atomic E-state index is 8.23. The van der Waals surface area contributed by atoms with Crippen molar-refractivity contribution >= 4 is 0 Å². The zero-order valence-electron chi connectivity index (χ0n) is 5.67. The average molecular weight is 145 g/mol. The van der Waals surface area contributed by atoms with Crippen molar-refractivity contribution in [3.05, 3.63) is 0 Å². The number of hydrogen-bond donors (Lipinski definition) is 0. The summed E-state index contributed by atoms with van der Waals surface area (Å²) in [6, 6.07) is 2.03. The molecular formula is C6H11NO3. The maximum Gasteiger partial charge on any atom is 0.0939 e. The van der Waals surface area contributed by atoms with Crippen molar-refractivity contribution in [1.82, 2.24) is 0 Å². The zero-order chi connectivity index (χ0) is 6.53. The Morgan fingerprint density at radius 2 is 2.30 bits per heavy atom. The number of ether oxygens (including phenoxy) is 2. The molecule has 0 spiro atoms. The van der Waals surface area contributed by atoms with Crippen LogP contribution in [0.15, 0.2) is 0 Å². The summed E-state index contributed by atoms with van der Waals surface area (Å²) in [4.78, 5) is 0. The molecule has 0 aromatic heterocycles. The Labute approximate surface area is 59.7 Å². The third-order valence-electron chi connectivity index (χ3n) is 1.20. The number of rotatable bonds is 1. The van der Waals surface area contributed by atoms with Gasteiger partial charge in [0.25, 0.3) is 0 Å². The van der Waals surface area contributed by atoms with Crippen LogP contribution < -0.4 is 0 Å². The van der Waals surface area contributed by atoms with Gasteiger partial charge in [0.15, 0.2) is 0 Å². The molecule has 1 aliphatic heterocycles. The largest absolute Gasteiger partial charge is 0.412 e. The van der Waals surface area contributed by atoms with Gasteiger partial charge in [0.05, 0.1) is 38.4 Å². The van der Waals surface area contributed by atoms with E-state index >= 15 is 0 Å². The molecule has 0 saturated carbocycles. The van der Waals surface area contributed by atoms with Gasteiger partial charge >= 0.3 is 0 Å². The minimum Gasteiger partial charge on any atom is -0.412 e. The third kappa shape index (κ3) is 2.78. The molecule has 0 radical (unpaired) electrons. The van der Waals surface area contributed by atoms with Crippen LogP contribution in [-0.4, -0.2) is 31.4 Å². The van der Waals surface area contributed by atoms with E-state index in [4.69, 9.17) is 14.7 Å². The predicted octanol–water partition coefficient (Wildman–Crippen LogP) is -0.509. The molecule has 1 rings (SSSR count). The lowest BCUT2D eigenvalue weighted by atomic mass is 10.3. The standard InChI is InChI=1S/C6H9NO2.H2O/c7-2-1-6-5-8-3-4-9-6;/h6H,1,3-5H2;1H2.